The largest absolute Gasteiger partial charge is 0.455 e. The van der Waals surface area contributed by atoms with Crippen molar-refractivity contribution >= 4 is 32.7 Å². The molecule has 5 aromatic rings. The third-order valence-electron chi connectivity index (χ3n) is 5.57. The number of aryl methyl sites for hydroxylation is 4. The maximum Gasteiger partial charge on any atom is 0.216 e. The Morgan fingerprint density at radius 2 is 1.56 bits per heavy atom. The standard InChI is InChI=1S/C25H22NO/c1-15-9-10-26(4)21(11-15)24-17(3)12-16(2)23-20-13-18-7-5-6-8-19(18)14-22(20)27-25(23)24/h5-14H,1-4H3/q+1. The molecule has 0 saturated heterocycles. The Morgan fingerprint density at radius 3 is 2.33 bits per heavy atom. The normalized spacial score (nSPS) is 11.7. The predicted octanol–water partition coefficient (Wildman–Crippen LogP) is 6.16. The van der Waals surface area contributed by atoms with Gasteiger partial charge in [0.1, 0.15) is 18.2 Å². The number of furan rings is 1. The maximum atomic E-state index is 6.49. The van der Waals surface area contributed by atoms with Crippen LogP contribution in [-0.2, 0) is 7.05 Å². The third kappa shape index (κ3) is 2.37. The van der Waals surface area contributed by atoms with Crippen LogP contribution in [0.4, 0.5) is 0 Å². The van der Waals surface area contributed by atoms with Crippen molar-refractivity contribution in [2.24, 2.45) is 7.05 Å². The van der Waals surface area contributed by atoms with Gasteiger partial charge in [-0.25, -0.2) is 4.57 Å². The van der Waals surface area contributed by atoms with Crippen molar-refractivity contribution in [2.45, 2.75) is 20.8 Å². The molecule has 0 radical (unpaired) electrons. The van der Waals surface area contributed by atoms with Crippen molar-refractivity contribution in [1.29, 1.82) is 0 Å². The van der Waals surface area contributed by atoms with Crippen LogP contribution in [0.25, 0.3) is 44.0 Å². The van der Waals surface area contributed by atoms with E-state index >= 15 is 0 Å². The van der Waals surface area contributed by atoms with Crippen molar-refractivity contribution < 1.29 is 8.98 Å². The van der Waals surface area contributed by atoms with E-state index in [9.17, 15) is 0 Å². The molecule has 0 atom stereocenters. The summed E-state index contributed by atoms with van der Waals surface area (Å²) >= 11 is 0. The van der Waals surface area contributed by atoms with Gasteiger partial charge in [-0.05, 0) is 60.4 Å². The maximum absolute atomic E-state index is 6.49. The highest BCUT2D eigenvalue weighted by molar-refractivity contribution is 6.14. The molecule has 5 rings (SSSR count). The monoisotopic (exact) mass is 352 g/mol. The van der Waals surface area contributed by atoms with Gasteiger partial charge in [-0.3, -0.25) is 0 Å². The van der Waals surface area contributed by atoms with Gasteiger partial charge in [0.25, 0.3) is 0 Å². The van der Waals surface area contributed by atoms with E-state index in [0.29, 0.717) is 0 Å². The van der Waals surface area contributed by atoms with E-state index in [4.69, 9.17) is 4.42 Å². The van der Waals surface area contributed by atoms with Crippen LogP contribution in [0.3, 0.4) is 0 Å². The fourth-order valence-corrected chi connectivity index (χ4v) is 4.24. The summed E-state index contributed by atoms with van der Waals surface area (Å²) in [5.41, 5.74) is 8.05. The number of aromatic nitrogens is 1. The molecule has 0 aliphatic carbocycles. The number of fused-ring (bicyclic) bond motifs is 4. The molecule has 0 N–H and O–H groups in total. The molecule has 0 aliphatic heterocycles. The number of hydrogen-bond donors (Lipinski definition) is 0. The van der Waals surface area contributed by atoms with Gasteiger partial charge < -0.3 is 4.42 Å². The van der Waals surface area contributed by atoms with Crippen molar-refractivity contribution in [2.75, 3.05) is 0 Å². The van der Waals surface area contributed by atoms with Gasteiger partial charge in [0, 0.05) is 22.9 Å². The van der Waals surface area contributed by atoms with E-state index < -0.39 is 0 Å². The summed E-state index contributed by atoms with van der Waals surface area (Å²) in [5.74, 6) is 0. The molecule has 132 valence electrons. The highest BCUT2D eigenvalue weighted by Gasteiger charge is 2.22. The van der Waals surface area contributed by atoms with Crippen molar-refractivity contribution in [3.05, 3.63) is 77.5 Å². The van der Waals surface area contributed by atoms with Crippen LogP contribution in [0.5, 0.6) is 0 Å². The highest BCUT2D eigenvalue weighted by atomic mass is 16.3. The van der Waals surface area contributed by atoms with Crippen molar-refractivity contribution in [1.82, 2.24) is 0 Å². The first-order chi connectivity index (χ1) is 13.0. The lowest BCUT2D eigenvalue weighted by Crippen LogP contribution is -2.30. The Morgan fingerprint density at radius 1 is 0.815 bits per heavy atom. The second-order valence-electron chi connectivity index (χ2n) is 7.59. The first-order valence-corrected chi connectivity index (χ1v) is 9.35. The van der Waals surface area contributed by atoms with Crippen LogP contribution in [0, 0.1) is 20.8 Å². The Balaban J connectivity index is 1.97. The summed E-state index contributed by atoms with van der Waals surface area (Å²) in [5, 5.41) is 4.87. The zero-order valence-electron chi connectivity index (χ0n) is 16.1. The molecule has 0 amide bonds. The van der Waals surface area contributed by atoms with Crippen LogP contribution in [0.2, 0.25) is 0 Å². The van der Waals surface area contributed by atoms with Crippen LogP contribution in [0.1, 0.15) is 16.7 Å². The van der Waals surface area contributed by atoms with Gasteiger partial charge in [0.05, 0.1) is 5.56 Å². The summed E-state index contributed by atoms with van der Waals surface area (Å²) in [6, 6.07) is 19.6. The minimum absolute atomic E-state index is 0.953. The van der Waals surface area contributed by atoms with E-state index in [1.165, 1.54) is 49.5 Å². The van der Waals surface area contributed by atoms with Crippen LogP contribution in [0.15, 0.2) is 65.2 Å². The average Bonchev–Trinajstić information content (AvgIpc) is 3.00. The van der Waals surface area contributed by atoms with Gasteiger partial charge in [-0.1, -0.05) is 30.3 Å². The highest BCUT2D eigenvalue weighted by Crippen LogP contribution is 2.40. The Labute approximate surface area is 158 Å². The molecule has 0 spiro atoms. The molecule has 2 aromatic heterocycles. The van der Waals surface area contributed by atoms with Crippen LogP contribution < -0.4 is 4.57 Å². The van der Waals surface area contributed by atoms with Crippen molar-refractivity contribution in [3.63, 3.8) is 0 Å². The van der Waals surface area contributed by atoms with Crippen LogP contribution in [-0.4, -0.2) is 0 Å². The summed E-state index contributed by atoms with van der Waals surface area (Å²) in [7, 11) is 2.09. The Kier molecular flexibility index (Phi) is 3.38. The van der Waals surface area contributed by atoms with E-state index in [0.717, 1.165) is 11.2 Å². The van der Waals surface area contributed by atoms with Gasteiger partial charge in [-0.2, -0.15) is 0 Å². The Hall–Kier alpha value is -3.13. The topological polar surface area (TPSA) is 17.0 Å². The zero-order valence-corrected chi connectivity index (χ0v) is 16.1. The zero-order chi connectivity index (χ0) is 18.7. The SMILES string of the molecule is Cc1cc[n+](C)c(-c2c(C)cc(C)c3c2oc2cc4ccccc4cc23)c1. The predicted molar refractivity (Wildman–Crippen MR) is 112 cm³/mol. The number of pyridine rings is 1. The van der Waals surface area contributed by atoms with Gasteiger partial charge >= 0.3 is 0 Å². The van der Waals surface area contributed by atoms with Gasteiger partial charge in [-0.15, -0.1) is 0 Å². The summed E-state index contributed by atoms with van der Waals surface area (Å²) in [6.07, 6.45) is 2.12. The summed E-state index contributed by atoms with van der Waals surface area (Å²) in [4.78, 5) is 0. The molecule has 0 aliphatic rings. The third-order valence-corrected chi connectivity index (χ3v) is 5.57. The number of nitrogens with zero attached hydrogens (tertiary/aromatic N) is 1. The molecule has 0 saturated carbocycles. The first-order valence-electron chi connectivity index (χ1n) is 9.35. The lowest BCUT2D eigenvalue weighted by Gasteiger charge is -2.08. The molecule has 2 heterocycles. The number of benzene rings is 3. The fourth-order valence-electron chi connectivity index (χ4n) is 4.24. The van der Waals surface area contributed by atoms with E-state index in [1.807, 2.05) is 0 Å². The second-order valence-corrected chi connectivity index (χ2v) is 7.59. The second kappa shape index (κ2) is 5.68. The van der Waals surface area contributed by atoms with E-state index in [1.54, 1.807) is 0 Å². The number of rotatable bonds is 1. The van der Waals surface area contributed by atoms with Gasteiger partial charge in [0.2, 0.25) is 5.69 Å². The summed E-state index contributed by atoms with van der Waals surface area (Å²) < 4.78 is 8.66. The van der Waals surface area contributed by atoms with E-state index in [-0.39, 0.29) is 0 Å². The minimum atomic E-state index is 0.953. The molecule has 3 aromatic carbocycles. The quantitative estimate of drug-likeness (QED) is 0.330. The average molecular weight is 352 g/mol. The lowest BCUT2D eigenvalue weighted by molar-refractivity contribution is -0.660. The first kappa shape index (κ1) is 16.1. The van der Waals surface area contributed by atoms with Crippen molar-refractivity contribution in [3.8, 4) is 11.3 Å². The molecule has 0 unspecified atom stereocenters. The molecule has 27 heavy (non-hydrogen) atoms. The molecule has 2 nitrogen and oxygen atoms in total. The smallest absolute Gasteiger partial charge is 0.216 e. The van der Waals surface area contributed by atoms with Crippen LogP contribution >= 0.6 is 0 Å². The minimum Gasteiger partial charge on any atom is -0.455 e. The fraction of sp³-hybridized carbons (Fsp3) is 0.160. The molecule has 0 fully saturated rings. The van der Waals surface area contributed by atoms with E-state index in [2.05, 4.69) is 93.2 Å². The Bertz CT molecular complexity index is 1360. The summed E-state index contributed by atoms with van der Waals surface area (Å²) in [6.45, 7) is 6.49. The lowest BCUT2D eigenvalue weighted by atomic mass is 9.96. The molecule has 0 bridgehead atoms. The number of hydrogen-bond acceptors (Lipinski definition) is 1. The molecular weight excluding hydrogens is 330 g/mol. The van der Waals surface area contributed by atoms with Gasteiger partial charge in [0.15, 0.2) is 6.20 Å². The molecular formula is C25H22NO+. The molecule has 2 heteroatoms.